The van der Waals surface area contributed by atoms with Crippen molar-refractivity contribution < 1.29 is 19.1 Å². The van der Waals surface area contributed by atoms with E-state index in [-0.39, 0.29) is 48.4 Å². The Morgan fingerprint density at radius 2 is 1.48 bits per heavy atom. The summed E-state index contributed by atoms with van der Waals surface area (Å²) < 4.78 is 11.2. The van der Waals surface area contributed by atoms with E-state index in [4.69, 9.17) is 9.47 Å². The maximum atomic E-state index is 12.7. The van der Waals surface area contributed by atoms with Gasteiger partial charge in [0.1, 0.15) is 17.7 Å². The third kappa shape index (κ3) is 1.92. The zero-order chi connectivity index (χ0) is 15.7. The van der Waals surface area contributed by atoms with Gasteiger partial charge in [0.25, 0.3) is 5.91 Å². The normalized spacial score (nSPS) is 45.0. The Balaban J connectivity index is 1.77. The molecular weight excluding hydrogens is 272 g/mol. The van der Waals surface area contributed by atoms with E-state index in [9.17, 15) is 9.59 Å². The van der Waals surface area contributed by atoms with Crippen molar-refractivity contribution in [3.8, 4) is 0 Å². The van der Waals surface area contributed by atoms with Crippen LogP contribution in [0.15, 0.2) is 0 Å². The molecule has 0 aromatic heterocycles. The van der Waals surface area contributed by atoms with E-state index in [1.165, 1.54) is 4.90 Å². The lowest BCUT2D eigenvalue weighted by Crippen LogP contribution is -2.50. The molecule has 0 saturated carbocycles. The van der Waals surface area contributed by atoms with Gasteiger partial charge in [0, 0.05) is 0 Å². The molecule has 0 spiro atoms. The van der Waals surface area contributed by atoms with Crippen molar-refractivity contribution in [3.63, 3.8) is 0 Å². The van der Waals surface area contributed by atoms with E-state index in [1.54, 1.807) is 4.90 Å². The van der Waals surface area contributed by atoms with Gasteiger partial charge >= 0.3 is 6.03 Å². The first-order valence-corrected chi connectivity index (χ1v) is 7.61. The van der Waals surface area contributed by atoms with Crippen LogP contribution in [0.5, 0.6) is 0 Å². The largest absolute Gasteiger partial charge is 0.364 e. The molecule has 3 fully saturated rings. The summed E-state index contributed by atoms with van der Waals surface area (Å²) in [4.78, 5) is 28.0. The summed E-state index contributed by atoms with van der Waals surface area (Å²) in [5.41, 5.74) is -0.764. The molecule has 3 saturated heterocycles. The standard InChI is InChI=1S/C15H24N2O4/c1-8(14(5)10(3)20-14)16-7-12(18)17(13(16)19)9(2)15(6)11(4)21-15/h8-11H,7H2,1-6H3. The molecule has 0 N–H and O–H groups in total. The predicted molar refractivity (Wildman–Crippen MR) is 75.8 cm³/mol. The molecule has 21 heavy (non-hydrogen) atoms. The topological polar surface area (TPSA) is 65.7 Å². The number of epoxide rings is 2. The summed E-state index contributed by atoms with van der Waals surface area (Å²) in [7, 11) is 0. The maximum Gasteiger partial charge on any atom is 0.327 e. The molecule has 3 aliphatic heterocycles. The number of carbonyl (C=O) groups excluding carboxylic acids is 2. The van der Waals surface area contributed by atoms with Crippen molar-refractivity contribution in [3.05, 3.63) is 0 Å². The van der Waals surface area contributed by atoms with Crippen molar-refractivity contribution >= 4 is 11.9 Å². The highest BCUT2D eigenvalue weighted by atomic mass is 16.6. The minimum absolute atomic E-state index is 0.0730. The van der Waals surface area contributed by atoms with E-state index in [2.05, 4.69) is 0 Å². The van der Waals surface area contributed by atoms with E-state index in [0.29, 0.717) is 0 Å². The van der Waals surface area contributed by atoms with Crippen molar-refractivity contribution in [1.82, 2.24) is 9.80 Å². The van der Waals surface area contributed by atoms with E-state index < -0.39 is 5.60 Å². The van der Waals surface area contributed by atoms with Gasteiger partial charge in [-0.15, -0.1) is 0 Å². The fraction of sp³-hybridized carbons (Fsp3) is 0.867. The average molecular weight is 296 g/mol. The van der Waals surface area contributed by atoms with Crippen molar-refractivity contribution in [1.29, 1.82) is 0 Å². The van der Waals surface area contributed by atoms with Crippen LogP contribution in [0.4, 0.5) is 4.79 Å². The Bertz CT molecular complexity index is 510. The number of carbonyl (C=O) groups is 2. The van der Waals surface area contributed by atoms with Crippen LogP contribution in [-0.4, -0.2) is 63.8 Å². The zero-order valence-electron chi connectivity index (χ0n) is 13.5. The highest BCUT2D eigenvalue weighted by Gasteiger charge is 2.61. The van der Waals surface area contributed by atoms with Crippen molar-refractivity contribution in [2.24, 2.45) is 0 Å². The molecule has 118 valence electrons. The van der Waals surface area contributed by atoms with Gasteiger partial charge in [0.05, 0.1) is 24.3 Å². The van der Waals surface area contributed by atoms with Gasteiger partial charge in [-0.25, -0.2) is 4.79 Å². The van der Waals surface area contributed by atoms with Crippen LogP contribution in [0.1, 0.15) is 41.5 Å². The molecule has 3 rings (SSSR count). The molecule has 0 radical (unpaired) electrons. The van der Waals surface area contributed by atoms with Crippen LogP contribution >= 0.6 is 0 Å². The summed E-state index contributed by atoms with van der Waals surface area (Å²) >= 11 is 0. The number of urea groups is 1. The molecule has 6 unspecified atom stereocenters. The van der Waals surface area contributed by atoms with E-state index in [0.717, 1.165) is 0 Å². The SMILES string of the molecule is CC1OC1(C)C(C)N1CC(=O)N(C(C)C2(C)OC2C)C1=O. The van der Waals surface area contributed by atoms with Gasteiger partial charge < -0.3 is 14.4 Å². The van der Waals surface area contributed by atoms with Crippen LogP contribution in [-0.2, 0) is 14.3 Å². The smallest absolute Gasteiger partial charge is 0.327 e. The van der Waals surface area contributed by atoms with E-state index in [1.807, 2.05) is 41.5 Å². The Kier molecular flexibility index (Phi) is 2.95. The monoisotopic (exact) mass is 296 g/mol. The first-order chi connectivity index (χ1) is 9.63. The lowest BCUT2D eigenvalue weighted by atomic mass is 9.98. The molecule has 0 aliphatic carbocycles. The summed E-state index contributed by atoms with van der Waals surface area (Å²) in [5, 5.41) is 0. The van der Waals surface area contributed by atoms with Gasteiger partial charge in [0.2, 0.25) is 0 Å². The summed E-state index contributed by atoms with van der Waals surface area (Å²) in [6.45, 7) is 11.8. The number of amides is 3. The molecule has 6 nitrogen and oxygen atoms in total. The number of hydrogen-bond acceptors (Lipinski definition) is 4. The molecule has 6 atom stereocenters. The third-order valence-electron chi connectivity index (χ3n) is 5.90. The lowest BCUT2D eigenvalue weighted by molar-refractivity contribution is -0.127. The Labute approximate surface area is 125 Å². The zero-order valence-corrected chi connectivity index (χ0v) is 13.5. The van der Waals surface area contributed by atoms with Crippen LogP contribution in [0.3, 0.4) is 0 Å². The van der Waals surface area contributed by atoms with Gasteiger partial charge in [-0.3, -0.25) is 9.69 Å². The second kappa shape index (κ2) is 4.20. The lowest BCUT2D eigenvalue weighted by Gasteiger charge is -2.30. The molecular formula is C15H24N2O4. The molecule has 6 heteroatoms. The Morgan fingerprint density at radius 1 is 1.05 bits per heavy atom. The first-order valence-electron chi connectivity index (χ1n) is 7.61. The van der Waals surface area contributed by atoms with Gasteiger partial charge in [-0.1, -0.05) is 0 Å². The summed E-state index contributed by atoms with van der Waals surface area (Å²) in [5.74, 6) is -0.153. The van der Waals surface area contributed by atoms with E-state index >= 15 is 0 Å². The fourth-order valence-corrected chi connectivity index (χ4v) is 3.35. The quantitative estimate of drug-likeness (QED) is 0.581. The van der Waals surface area contributed by atoms with Gasteiger partial charge in [0.15, 0.2) is 0 Å². The van der Waals surface area contributed by atoms with Gasteiger partial charge in [-0.05, 0) is 41.5 Å². The predicted octanol–water partition coefficient (Wildman–Crippen LogP) is 1.38. The number of nitrogens with zero attached hydrogens (tertiary/aromatic N) is 2. The average Bonchev–Trinajstić information content (AvgIpc) is 3.18. The van der Waals surface area contributed by atoms with Crippen LogP contribution in [0, 0.1) is 0 Å². The van der Waals surface area contributed by atoms with Crippen LogP contribution in [0.25, 0.3) is 0 Å². The number of ether oxygens (including phenoxy) is 2. The summed E-state index contributed by atoms with van der Waals surface area (Å²) in [6, 6.07) is -0.602. The molecule has 3 amide bonds. The number of hydrogen-bond donors (Lipinski definition) is 0. The van der Waals surface area contributed by atoms with Crippen LogP contribution < -0.4 is 0 Å². The minimum Gasteiger partial charge on any atom is -0.364 e. The van der Waals surface area contributed by atoms with Gasteiger partial charge in [-0.2, -0.15) is 0 Å². The third-order valence-corrected chi connectivity index (χ3v) is 5.90. The highest BCUT2D eigenvalue weighted by Crippen LogP contribution is 2.44. The Morgan fingerprint density at radius 3 is 1.90 bits per heavy atom. The first kappa shape index (κ1) is 14.8. The maximum absolute atomic E-state index is 12.7. The molecule has 0 aromatic rings. The van der Waals surface area contributed by atoms with Crippen molar-refractivity contribution in [2.45, 2.75) is 77.0 Å². The highest BCUT2D eigenvalue weighted by molar-refractivity contribution is 6.02. The molecule has 0 bridgehead atoms. The summed E-state index contributed by atoms with van der Waals surface area (Å²) in [6.07, 6.45) is 0.190. The van der Waals surface area contributed by atoms with Crippen LogP contribution in [0.2, 0.25) is 0 Å². The molecule has 0 aromatic carbocycles. The van der Waals surface area contributed by atoms with Crippen molar-refractivity contribution in [2.75, 3.05) is 6.54 Å². The number of rotatable bonds is 4. The second-order valence-electron chi connectivity index (χ2n) is 6.91. The minimum atomic E-state index is -0.419. The molecule has 3 heterocycles. The number of imide groups is 1. The Hall–Kier alpha value is -1.14. The molecule has 3 aliphatic rings. The second-order valence-corrected chi connectivity index (χ2v) is 6.91. The fourth-order valence-electron chi connectivity index (χ4n) is 3.35.